The van der Waals surface area contributed by atoms with Crippen molar-refractivity contribution in [2.24, 2.45) is 0 Å². The summed E-state index contributed by atoms with van der Waals surface area (Å²) in [4.78, 5) is 37.3. The van der Waals surface area contributed by atoms with Crippen LogP contribution in [0.4, 0.5) is 0 Å². The molecule has 1 aliphatic heterocycles. The highest BCUT2D eigenvalue weighted by atomic mass is 35.5. The minimum absolute atomic E-state index is 0.0713. The number of allylic oxidation sites excluding steroid dienone is 2. The molecule has 0 N–H and O–H groups in total. The van der Waals surface area contributed by atoms with Crippen LogP contribution in [0.2, 0.25) is 5.02 Å². The number of fused-ring (bicyclic) bond motifs is 1. The normalized spacial score (nSPS) is 19.5. The molecule has 1 aliphatic carbocycles. The number of carbonyl (C=O) groups excluding carboxylic acids is 3. The lowest BCUT2D eigenvalue weighted by Crippen LogP contribution is -2.18. The summed E-state index contributed by atoms with van der Waals surface area (Å²) >= 11 is 15.8. The van der Waals surface area contributed by atoms with Gasteiger partial charge in [-0.15, -0.1) is 23.5 Å². The van der Waals surface area contributed by atoms with Gasteiger partial charge in [-0.05, 0) is 37.0 Å². The van der Waals surface area contributed by atoms with Gasteiger partial charge >= 0.3 is 5.97 Å². The number of methoxy groups -OCH3 is 1. The molecule has 0 aromatic heterocycles. The van der Waals surface area contributed by atoms with Gasteiger partial charge in [-0.25, -0.2) is 0 Å². The topological polar surface area (TPSA) is 60.4 Å². The van der Waals surface area contributed by atoms with E-state index in [-0.39, 0.29) is 27.7 Å². The zero-order valence-electron chi connectivity index (χ0n) is 14.0. The van der Waals surface area contributed by atoms with Gasteiger partial charge in [-0.1, -0.05) is 23.2 Å². The van der Waals surface area contributed by atoms with Gasteiger partial charge in [0.2, 0.25) is 0 Å². The summed E-state index contributed by atoms with van der Waals surface area (Å²) in [7, 11) is 1.36. The average molecular weight is 431 g/mol. The summed E-state index contributed by atoms with van der Waals surface area (Å²) in [6.45, 7) is 0. The highest BCUT2D eigenvalue weighted by Crippen LogP contribution is 2.46. The van der Waals surface area contributed by atoms with Crippen LogP contribution in [0.3, 0.4) is 0 Å². The van der Waals surface area contributed by atoms with Gasteiger partial charge in [0.25, 0.3) is 0 Å². The van der Waals surface area contributed by atoms with Gasteiger partial charge in [0.1, 0.15) is 0 Å². The number of hydrogen-bond acceptors (Lipinski definition) is 6. The maximum absolute atomic E-state index is 12.9. The van der Waals surface area contributed by atoms with Gasteiger partial charge < -0.3 is 4.74 Å². The predicted octanol–water partition coefficient (Wildman–Crippen LogP) is 4.65. The molecule has 1 unspecified atom stereocenters. The molecule has 0 amide bonds. The Balaban J connectivity index is 1.82. The first kappa shape index (κ1) is 19.8. The molecule has 0 bridgehead atoms. The van der Waals surface area contributed by atoms with Gasteiger partial charge in [-0.2, -0.15) is 0 Å². The fourth-order valence-electron chi connectivity index (χ4n) is 2.93. The van der Waals surface area contributed by atoms with Crippen LogP contribution in [0.25, 0.3) is 0 Å². The van der Waals surface area contributed by atoms with Crippen LogP contribution in [0.5, 0.6) is 0 Å². The van der Waals surface area contributed by atoms with E-state index in [1.807, 2.05) is 6.07 Å². The molecule has 0 fully saturated rings. The molecule has 0 radical (unpaired) electrons. The number of thioether (sulfide) groups is 2. The Morgan fingerprint density at radius 1 is 1.31 bits per heavy atom. The number of halogens is 2. The number of ether oxygens (including phenoxy) is 1. The second-order valence-corrected chi connectivity index (χ2v) is 9.50. The standard InChI is InChI=1S/C18H16Cl2O4S2/c1-24-14(22)8-25-15-7-10-13(26-15)6-5-9(17(10)20)18(23)16-11(19)3-2-4-12(16)21/h5-6,15H,2-4,7-8H2,1H3. The third-order valence-corrected chi connectivity index (χ3v) is 7.78. The lowest BCUT2D eigenvalue weighted by Gasteiger charge is -2.15. The number of benzene rings is 1. The van der Waals surface area contributed by atoms with Gasteiger partial charge in [-0.3, -0.25) is 14.4 Å². The van der Waals surface area contributed by atoms with Crippen LogP contribution in [0, 0.1) is 0 Å². The molecule has 138 valence electrons. The van der Waals surface area contributed by atoms with E-state index in [0.29, 0.717) is 41.3 Å². The highest BCUT2D eigenvalue weighted by molar-refractivity contribution is 8.17. The summed E-state index contributed by atoms with van der Waals surface area (Å²) in [5.41, 5.74) is 1.26. The maximum Gasteiger partial charge on any atom is 0.315 e. The fraction of sp³-hybridized carbons (Fsp3) is 0.389. The molecule has 3 rings (SSSR count). The average Bonchev–Trinajstić information content (AvgIpc) is 3.03. The van der Waals surface area contributed by atoms with E-state index in [0.717, 1.165) is 10.5 Å². The Morgan fingerprint density at radius 2 is 2.08 bits per heavy atom. The number of ketones is 2. The van der Waals surface area contributed by atoms with E-state index < -0.39 is 5.78 Å². The molecule has 0 saturated carbocycles. The number of carbonyl (C=O) groups is 3. The smallest absolute Gasteiger partial charge is 0.315 e. The second kappa shape index (κ2) is 8.38. The van der Waals surface area contributed by atoms with Crippen molar-refractivity contribution in [1.82, 2.24) is 0 Å². The van der Waals surface area contributed by atoms with E-state index in [9.17, 15) is 14.4 Å². The Morgan fingerprint density at radius 3 is 2.77 bits per heavy atom. The summed E-state index contributed by atoms with van der Waals surface area (Å²) in [6.07, 6.45) is 2.19. The van der Waals surface area contributed by atoms with Crippen molar-refractivity contribution in [3.8, 4) is 0 Å². The molecule has 4 nitrogen and oxygen atoms in total. The van der Waals surface area contributed by atoms with Gasteiger partial charge in [0, 0.05) is 21.9 Å². The summed E-state index contributed by atoms with van der Waals surface area (Å²) in [5.74, 6) is -0.625. The molecule has 1 atom stereocenters. The van der Waals surface area contributed by atoms with Crippen molar-refractivity contribution in [1.29, 1.82) is 0 Å². The summed E-state index contributed by atoms with van der Waals surface area (Å²) < 4.78 is 4.79. The first-order chi connectivity index (χ1) is 12.4. The van der Waals surface area contributed by atoms with Crippen molar-refractivity contribution in [2.75, 3.05) is 12.9 Å². The minimum Gasteiger partial charge on any atom is -0.468 e. The van der Waals surface area contributed by atoms with E-state index >= 15 is 0 Å². The number of Topliss-reactive ketones (excluding diaryl/α,β-unsaturated/α-hetero) is 2. The first-order valence-electron chi connectivity index (χ1n) is 8.05. The van der Waals surface area contributed by atoms with Crippen molar-refractivity contribution >= 4 is 64.3 Å². The van der Waals surface area contributed by atoms with E-state index in [2.05, 4.69) is 4.74 Å². The lowest BCUT2D eigenvalue weighted by molar-refractivity contribution is -0.137. The van der Waals surface area contributed by atoms with Gasteiger partial charge in [0.15, 0.2) is 11.6 Å². The van der Waals surface area contributed by atoms with E-state index in [1.54, 1.807) is 17.8 Å². The predicted molar refractivity (Wildman–Crippen MR) is 105 cm³/mol. The number of esters is 1. The lowest BCUT2D eigenvalue weighted by atomic mass is 9.91. The zero-order chi connectivity index (χ0) is 18.8. The van der Waals surface area contributed by atoms with Crippen LogP contribution in [-0.2, 0) is 20.7 Å². The van der Waals surface area contributed by atoms with E-state index in [4.69, 9.17) is 23.2 Å². The Bertz CT molecular complexity index is 820. The molecule has 2 aliphatic rings. The van der Waals surface area contributed by atoms with Crippen molar-refractivity contribution < 1.29 is 19.1 Å². The van der Waals surface area contributed by atoms with Crippen molar-refractivity contribution in [2.45, 2.75) is 35.2 Å². The van der Waals surface area contributed by atoms with Crippen LogP contribution in [0.1, 0.15) is 35.2 Å². The first-order valence-corrected chi connectivity index (χ1v) is 10.7. The molecular formula is C18H16Cl2O4S2. The van der Waals surface area contributed by atoms with Crippen molar-refractivity contribution in [3.63, 3.8) is 0 Å². The molecule has 8 heteroatoms. The van der Waals surface area contributed by atoms with Gasteiger partial charge in [0.05, 0.1) is 28.0 Å². The molecule has 1 aromatic rings. The van der Waals surface area contributed by atoms with Crippen molar-refractivity contribution in [3.05, 3.63) is 38.9 Å². The molecule has 26 heavy (non-hydrogen) atoms. The Labute approximate surface area is 170 Å². The number of rotatable bonds is 5. The van der Waals surface area contributed by atoms with Crippen LogP contribution in [-0.4, -0.2) is 35.0 Å². The molecule has 0 spiro atoms. The second-order valence-electron chi connectivity index (χ2n) is 5.93. The maximum atomic E-state index is 12.9. The SMILES string of the molecule is COC(=O)CSC1Cc2c(ccc(C(=O)C3=C(Cl)CCCC3=O)c2Cl)S1. The Hall–Kier alpha value is -0.950. The third kappa shape index (κ3) is 3.98. The summed E-state index contributed by atoms with van der Waals surface area (Å²) in [5, 5.41) is 0.695. The summed E-state index contributed by atoms with van der Waals surface area (Å²) in [6, 6.07) is 3.50. The Kier molecular flexibility index (Phi) is 6.38. The van der Waals surface area contributed by atoms with Crippen LogP contribution < -0.4 is 0 Å². The van der Waals surface area contributed by atoms with E-state index in [1.165, 1.54) is 18.9 Å². The molecular weight excluding hydrogens is 415 g/mol. The number of hydrogen-bond donors (Lipinski definition) is 0. The third-order valence-electron chi connectivity index (χ3n) is 4.27. The minimum atomic E-state index is -0.400. The molecule has 1 aromatic carbocycles. The quantitative estimate of drug-likeness (QED) is 0.384. The molecule has 0 saturated heterocycles. The fourth-order valence-corrected chi connectivity index (χ4v) is 6.16. The monoisotopic (exact) mass is 430 g/mol. The zero-order valence-corrected chi connectivity index (χ0v) is 17.1. The largest absolute Gasteiger partial charge is 0.468 e. The highest BCUT2D eigenvalue weighted by Gasteiger charge is 2.31. The van der Waals surface area contributed by atoms with Crippen LogP contribution in [0.15, 0.2) is 27.6 Å². The van der Waals surface area contributed by atoms with Crippen LogP contribution >= 0.6 is 46.7 Å². The molecule has 1 heterocycles.